The zero-order valence-electron chi connectivity index (χ0n) is 12.5. The lowest BCUT2D eigenvalue weighted by Crippen LogP contribution is -2.42. The van der Waals surface area contributed by atoms with Gasteiger partial charge in [-0.1, -0.05) is 0 Å². The average Bonchev–Trinajstić information content (AvgIpc) is 2.50. The molecule has 0 aromatic heterocycles. The second-order valence-corrected chi connectivity index (χ2v) is 4.68. The molecular formula is C15H21NO5. The number of rotatable bonds is 8. The smallest absolute Gasteiger partial charge is 0.307 e. The van der Waals surface area contributed by atoms with Crippen LogP contribution in [0.4, 0.5) is 0 Å². The molecule has 0 fully saturated rings. The SMILES string of the molecule is COC(=O)CC(NCC(C)O)C(=O)c1ccc(OC)cc1. The van der Waals surface area contributed by atoms with Crippen LogP contribution in [0.1, 0.15) is 23.7 Å². The van der Waals surface area contributed by atoms with Gasteiger partial charge in [-0.05, 0) is 31.2 Å². The Balaban J connectivity index is 2.83. The summed E-state index contributed by atoms with van der Waals surface area (Å²) in [5, 5.41) is 12.2. The van der Waals surface area contributed by atoms with E-state index in [1.54, 1.807) is 38.3 Å². The minimum Gasteiger partial charge on any atom is -0.497 e. The van der Waals surface area contributed by atoms with Crippen LogP contribution >= 0.6 is 0 Å². The first-order valence-electron chi connectivity index (χ1n) is 6.64. The Bertz CT molecular complexity index is 469. The van der Waals surface area contributed by atoms with Crippen molar-refractivity contribution < 1.29 is 24.2 Å². The predicted molar refractivity (Wildman–Crippen MR) is 77.4 cm³/mol. The molecule has 21 heavy (non-hydrogen) atoms. The summed E-state index contributed by atoms with van der Waals surface area (Å²) in [4.78, 5) is 23.8. The van der Waals surface area contributed by atoms with Crippen LogP contribution in [-0.2, 0) is 9.53 Å². The summed E-state index contributed by atoms with van der Waals surface area (Å²) in [6.45, 7) is 1.81. The van der Waals surface area contributed by atoms with Crippen LogP contribution in [-0.4, -0.2) is 49.8 Å². The number of carbonyl (C=O) groups excluding carboxylic acids is 2. The number of hydrogen-bond acceptors (Lipinski definition) is 6. The van der Waals surface area contributed by atoms with Crippen LogP contribution in [0.3, 0.4) is 0 Å². The standard InChI is InChI=1S/C15H21NO5/c1-10(17)9-16-13(8-14(18)21-3)15(19)11-4-6-12(20-2)7-5-11/h4-7,10,13,16-17H,8-9H2,1-3H3. The number of methoxy groups -OCH3 is 2. The summed E-state index contributed by atoms with van der Waals surface area (Å²) >= 11 is 0. The van der Waals surface area contributed by atoms with Gasteiger partial charge in [0.05, 0.1) is 32.8 Å². The number of aliphatic hydroxyl groups excluding tert-OH is 1. The molecule has 0 spiro atoms. The zero-order chi connectivity index (χ0) is 15.8. The molecule has 1 aromatic carbocycles. The van der Waals surface area contributed by atoms with Crippen molar-refractivity contribution in [1.82, 2.24) is 5.32 Å². The molecule has 1 rings (SSSR count). The topological polar surface area (TPSA) is 84.9 Å². The van der Waals surface area contributed by atoms with E-state index in [2.05, 4.69) is 10.1 Å². The lowest BCUT2D eigenvalue weighted by Gasteiger charge is -2.18. The number of ketones is 1. The molecule has 6 nitrogen and oxygen atoms in total. The fraction of sp³-hybridized carbons (Fsp3) is 0.467. The monoisotopic (exact) mass is 295 g/mol. The molecule has 0 saturated heterocycles. The molecule has 0 amide bonds. The van der Waals surface area contributed by atoms with Crippen LogP contribution < -0.4 is 10.1 Å². The van der Waals surface area contributed by atoms with Gasteiger partial charge in [0.2, 0.25) is 0 Å². The van der Waals surface area contributed by atoms with Crippen LogP contribution in [0.5, 0.6) is 5.75 Å². The van der Waals surface area contributed by atoms with Gasteiger partial charge in [0.15, 0.2) is 5.78 Å². The number of hydrogen-bond donors (Lipinski definition) is 2. The Morgan fingerprint density at radius 2 is 1.86 bits per heavy atom. The molecule has 0 bridgehead atoms. The molecule has 116 valence electrons. The first-order valence-corrected chi connectivity index (χ1v) is 6.64. The number of aliphatic hydroxyl groups is 1. The Kier molecular flexibility index (Phi) is 6.84. The van der Waals surface area contributed by atoms with Crippen molar-refractivity contribution in [2.75, 3.05) is 20.8 Å². The lowest BCUT2D eigenvalue weighted by atomic mass is 10.0. The van der Waals surface area contributed by atoms with E-state index in [0.717, 1.165) is 0 Å². The number of nitrogens with one attached hydrogen (secondary N) is 1. The Morgan fingerprint density at radius 3 is 2.33 bits per heavy atom. The number of esters is 1. The summed E-state index contributed by atoms with van der Waals surface area (Å²) in [6.07, 6.45) is -0.706. The quantitative estimate of drug-likeness (QED) is 0.544. The maximum atomic E-state index is 12.4. The third kappa shape index (κ3) is 5.53. The summed E-state index contributed by atoms with van der Waals surface area (Å²) in [7, 11) is 2.81. The van der Waals surface area contributed by atoms with Crippen LogP contribution in [0.15, 0.2) is 24.3 Å². The van der Waals surface area contributed by atoms with Gasteiger partial charge in [-0.2, -0.15) is 0 Å². The second kappa shape index (κ2) is 8.39. The summed E-state index contributed by atoms with van der Waals surface area (Å²) in [5.74, 6) is -0.0725. The highest BCUT2D eigenvalue weighted by Gasteiger charge is 2.23. The fourth-order valence-electron chi connectivity index (χ4n) is 1.78. The highest BCUT2D eigenvalue weighted by molar-refractivity contribution is 6.01. The maximum Gasteiger partial charge on any atom is 0.307 e. The lowest BCUT2D eigenvalue weighted by molar-refractivity contribution is -0.141. The molecule has 2 unspecified atom stereocenters. The van der Waals surface area contributed by atoms with E-state index < -0.39 is 18.1 Å². The van der Waals surface area contributed by atoms with E-state index in [1.165, 1.54) is 7.11 Å². The van der Waals surface area contributed by atoms with Crippen LogP contribution in [0, 0.1) is 0 Å². The van der Waals surface area contributed by atoms with E-state index in [1.807, 2.05) is 0 Å². The van der Waals surface area contributed by atoms with E-state index >= 15 is 0 Å². The molecule has 1 aromatic rings. The van der Waals surface area contributed by atoms with Gasteiger partial charge in [0, 0.05) is 12.1 Å². The summed E-state index contributed by atoms with van der Waals surface area (Å²) < 4.78 is 9.63. The third-order valence-corrected chi connectivity index (χ3v) is 2.95. The van der Waals surface area contributed by atoms with Crippen molar-refractivity contribution in [2.45, 2.75) is 25.5 Å². The Morgan fingerprint density at radius 1 is 1.24 bits per heavy atom. The average molecular weight is 295 g/mol. The molecule has 0 aliphatic heterocycles. The highest BCUT2D eigenvalue weighted by atomic mass is 16.5. The Hall–Kier alpha value is -1.92. The van der Waals surface area contributed by atoms with E-state index in [0.29, 0.717) is 11.3 Å². The fourth-order valence-corrected chi connectivity index (χ4v) is 1.78. The molecule has 0 saturated carbocycles. The molecule has 0 aliphatic carbocycles. The van der Waals surface area contributed by atoms with Gasteiger partial charge in [-0.3, -0.25) is 9.59 Å². The first kappa shape index (κ1) is 17.1. The first-order chi connectivity index (χ1) is 9.97. The Labute approximate surface area is 124 Å². The largest absolute Gasteiger partial charge is 0.497 e. The van der Waals surface area contributed by atoms with Crippen molar-refractivity contribution in [3.63, 3.8) is 0 Å². The summed E-state index contributed by atoms with van der Waals surface area (Å²) in [6, 6.07) is 5.89. The molecule has 2 atom stereocenters. The zero-order valence-corrected chi connectivity index (χ0v) is 12.5. The van der Waals surface area contributed by atoms with Gasteiger partial charge in [0.1, 0.15) is 5.75 Å². The minimum atomic E-state index is -0.736. The van der Waals surface area contributed by atoms with Gasteiger partial charge in [-0.25, -0.2) is 0 Å². The number of Topliss-reactive ketones (excluding diaryl/α,β-unsaturated/α-hetero) is 1. The van der Waals surface area contributed by atoms with E-state index in [-0.39, 0.29) is 18.7 Å². The third-order valence-electron chi connectivity index (χ3n) is 2.95. The van der Waals surface area contributed by atoms with Crippen molar-refractivity contribution >= 4 is 11.8 Å². The van der Waals surface area contributed by atoms with Crippen molar-refractivity contribution in [3.8, 4) is 5.75 Å². The van der Waals surface area contributed by atoms with Crippen LogP contribution in [0.25, 0.3) is 0 Å². The van der Waals surface area contributed by atoms with Crippen LogP contribution in [0.2, 0.25) is 0 Å². The molecular weight excluding hydrogens is 274 g/mol. The molecule has 0 heterocycles. The van der Waals surface area contributed by atoms with Gasteiger partial charge in [0.25, 0.3) is 0 Å². The number of carbonyl (C=O) groups is 2. The van der Waals surface area contributed by atoms with Gasteiger partial charge in [-0.15, -0.1) is 0 Å². The van der Waals surface area contributed by atoms with E-state index in [4.69, 9.17) is 4.74 Å². The molecule has 0 aliphatic rings. The normalized spacial score (nSPS) is 13.3. The minimum absolute atomic E-state index is 0.0892. The summed E-state index contributed by atoms with van der Waals surface area (Å²) in [5.41, 5.74) is 0.461. The van der Waals surface area contributed by atoms with Crippen molar-refractivity contribution in [2.24, 2.45) is 0 Å². The van der Waals surface area contributed by atoms with Gasteiger partial charge >= 0.3 is 5.97 Å². The molecule has 2 N–H and O–H groups in total. The highest BCUT2D eigenvalue weighted by Crippen LogP contribution is 2.14. The predicted octanol–water partition coefficient (Wildman–Crippen LogP) is 0.780. The van der Waals surface area contributed by atoms with Gasteiger partial charge < -0.3 is 19.9 Å². The van der Waals surface area contributed by atoms with Crippen molar-refractivity contribution in [1.29, 1.82) is 0 Å². The molecule has 0 radical (unpaired) electrons. The van der Waals surface area contributed by atoms with E-state index in [9.17, 15) is 14.7 Å². The maximum absolute atomic E-state index is 12.4. The molecule has 6 heteroatoms. The number of ether oxygens (including phenoxy) is 2. The second-order valence-electron chi connectivity index (χ2n) is 4.68. The van der Waals surface area contributed by atoms with Crippen molar-refractivity contribution in [3.05, 3.63) is 29.8 Å². The number of benzene rings is 1.